The highest BCUT2D eigenvalue weighted by Crippen LogP contribution is 2.25. The maximum atomic E-state index is 13.2. The molecule has 0 saturated heterocycles. The molecule has 0 fully saturated rings. The van der Waals surface area contributed by atoms with Gasteiger partial charge in [0, 0.05) is 18.3 Å². The van der Waals surface area contributed by atoms with Crippen LogP contribution in [0.15, 0.2) is 47.4 Å². The zero-order chi connectivity index (χ0) is 16.3. The van der Waals surface area contributed by atoms with Crippen molar-refractivity contribution in [3.63, 3.8) is 0 Å². The lowest BCUT2D eigenvalue weighted by Gasteiger charge is -2.13. The third kappa shape index (κ3) is 4.15. The number of rotatable bonds is 4. The summed E-state index contributed by atoms with van der Waals surface area (Å²) in [6.45, 7) is 0. The summed E-state index contributed by atoms with van der Waals surface area (Å²) < 4.78 is 58.9. The number of hydrogen-bond acceptors (Lipinski definition) is 4. The molecule has 0 aliphatic heterocycles. The first kappa shape index (κ1) is 16.2. The maximum absolute atomic E-state index is 13.2. The maximum Gasteiger partial charge on any atom is 0.272 e. The monoisotopic (exact) mass is 327 g/mol. The molecule has 0 saturated carbocycles. The van der Waals surface area contributed by atoms with Gasteiger partial charge in [-0.2, -0.15) is 8.42 Å². The number of halogens is 2. The summed E-state index contributed by atoms with van der Waals surface area (Å²) in [6.07, 6.45) is 0.744. The molecule has 22 heavy (non-hydrogen) atoms. The van der Waals surface area contributed by atoms with Crippen LogP contribution in [0, 0.1) is 11.6 Å². The molecule has 0 amide bonds. The fourth-order valence-electron chi connectivity index (χ4n) is 2.02. The second-order valence-corrected chi connectivity index (χ2v) is 6.20. The Morgan fingerprint density at radius 2 is 1.73 bits per heavy atom. The van der Waals surface area contributed by atoms with Gasteiger partial charge in [0.25, 0.3) is 15.7 Å². The van der Waals surface area contributed by atoms with E-state index in [1.165, 1.54) is 12.1 Å². The quantitative estimate of drug-likeness (QED) is 0.867. The van der Waals surface area contributed by atoms with Crippen LogP contribution in [-0.4, -0.2) is 18.0 Å². The summed E-state index contributed by atoms with van der Waals surface area (Å²) in [5, 5.41) is -1.47. The highest BCUT2D eigenvalue weighted by atomic mass is 32.2. The molecule has 8 heteroatoms. The topological polar surface area (TPSA) is 84.3 Å². The Morgan fingerprint density at radius 3 is 2.32 bits per heavy atom. The first-order valence-electron chi connectivity index (χ1n) is 6.13. The number of aromatic nitrogens is 1. The van der Waals surface area contributed by atoms with Gasteiger partial charge in [-0.1, -0.05) is 6.07 Å². The highest BCUT2D eigenvalue weighted by molar-refractivity contribution is 7.86. The van der Waals surface area contributed by atoms with Crippen molar-refractivity contribution in [2.45, 2.75) is 11.7 Å². The lowest BCUT2D eigenvalue weighted by Crippen LogP contribution is -2.15. The predicted octanol–water partition coefficient (Wildman–Crippen LogP) is 1.89. The minimum Gasteiger partial charge on any atom is -0.285 e. The Bertz CT molecular complexity index is 835. The Labute approximate surface area is 125 Å². The van der Waals surface area contributed by atoms with E-state index in [0.717, 1.165) is 24.4 Å². The molecule has 116 valence electrons. The van der Waals surface area contributed by atoms with E-state index < -0.39 is 32.6 Å². The Balaban J connectivity index is 2.48. The van der Waals surface area contributed by atoms with E-state index in [0.29, 0.717) is 6.07 Å². The molecule has 1 atom stereocenters. The third-order valence-electron chi connectivity index (χ3n) is 2.96. The normalized spacial score (nSPS) is 12.9. The molecule has 0 aliphatic carbocycles. The molecular formula is C14H11F2NO4S. The number of benzene rings is 1. The van der Waals surface area contributed by atoms with Crippen molar-refractivity contribution < 1.29 is 21.8 Å². The van der Waals surface area contributed by atoms with E-state index in [1.54, 1.807) is 0 Å². The minimum atomic E-state index is -4.56. The molecule has 1 aromatic carbocycles. The second-order valence-electron chi connectivity index (χ2n) is 4.60. The molecule has 0 bridgehead atoms. The van der Waals surface area contributed by atoms with Gasteiger partial charge in [-0.25, -0.2) is 13.8 Å². The van der Waals surface area contributed by atoms with Crippen LogP contribution in [0.3, 0.4) is 0 Å². The first-order valence-corrected chi connectivity index (χ1v) is 7.63. The average molecular weight is 327 g/mol. The predicted molar refractivity (Wildman–Crippen MR) is 74.9 cm³/mol. The summed E-state index contributed by atoms with van der Waals surface area (Å²) in [7, 11) is -4.56. The Hall–Kier alpha value is -2.19. The zero-order valence-corrected chi connectivity index (χ0v) is 11.9. The third-order valence-corrected chi connectivity index (χ3v) is 4.12. The van der Waals surface area contributed by atoms with Crippen molar-refractivity contribution in [3.8, 4) is 0 Å². The molecular weight excluding hydrogens is 316 g/mol. The molecule has 1 aromatic heterocycles. The largest absolute Gasteiger partial charge is 0.285 e. The average Bonchev–Trinajstić information content (AvgIpc) is 2.58. The van der Waals surface area contributed by atoms with Crippen LogP contribution in [-0.2, 0) is 16.5 Å². The molecule has 0 aliphatic rings. The van der Waals surface area contributed by atoms with Crippen molar-refractivity contribution in [1.82, 2.24) is 4.98 Å². The number of nitrogens with zero attached hydrogens (tertiary/aromatic N) is 1. The zero-order valence-electron chi connectivity index (χ0n) is 11.1. The van der Waals surface area contributed by atoms with Crippen LogP contribution >= 0.6 is 0 Å². The molecule has 2 rings (SSSR count). The van der Waals surface area contributed by atoms with Crippen molar-refractivity contribution in [2.24, 2.45) is 0 Å². The smallest absolute Gasteiger partial charge is 0.272 e. The molecule has 5 nitrogen and oxygen atoms in total. The standard InChI is InChI=1S/C14H11F2NO4S/c15-11-5-9(6-12(16)8-11)7-13(22(19,20)21)10-1-2-14(18)17-4-3-10/h1-6,8,13H,7H2,(H,19,20,21). The molecule has 0 spiro atoms. The lowest BCUT2D eigenvalue weighted by atomic mass is 10.0. The Kier molecular flexibility index (Phi) is 4.62. The van der Waals surface area contributed by atoms with Gasteiger partial charge in [0.1, 0.15) is 16.9 Å². The van der Waals surface area contributed by atoms with Crippen LogP contribution in [0.4, 0.5) is 8.78 Å². The van der Waals surface area contributed by atoms with E-state index in [-0.39, 0.29) is 17.5 Å². The van der Waals surface area contributed by atoms with E-state index in [2.05, 4.69) is 4.98 Å². The minimum absolute atomic E-state index is 0.0573. The van der Waals surface area contributed by atoms with Crippen molar-refractivity contribution in [1.29, 1.82) is 0 Å². The van der Waals surface area contributed by atoms with Crippen LogP contribution in [0.5, 0.6) is 0 Å². The van der Waals surface area contributed by atoms with Gasteiger partial charge in [0.15, 0.2) is 0 Å². The van der Waals surface area contributed by atoms with E-state index in [9.17, 15) is 26.5 Å². The van der Waals surface area contributed by atoms with Gasteiger partial charge in [-0.3, -0.25) is 9.35 Å². The summed E-state index contributed by atoms with van der Waals surface area (Å²) in [4.78, 5) is 14.6. The molecule has 1 unspecified atom stereocenters. The van der Waals surface area contributed by atoms with E-state index in [1.807, 2.05) is 0 Å². The summed E-state index contributed by atoms with van der Waals surface area (Å²) in [6, 6.07) is 6.09. The van der Waals surface area contributed by atoms with E-state index >= 15 is 0 Å². The second kappa shape index (κ2) is 6.29. The van der Waals surface area contributed by atoms with Crippen molar-refractivity contribution in [2.75, 3.05) is 0 Å². The van der Waals surface area contributed by atoms with Gasteiger partial charge in [0.2, 0.25) is 0 Å². The SMILES string of the molecule is O=c1ccc(C(Cc2cc(F)cc(F)c2)S(=O)(=O)O)ccn1. The molecule has 1 heterocycles. The van der Waals surface area contributed by atoms with E-state index in [4.69, 9.17) is 0 Å². The van der Waals surface area contributed by atoms with Crippen LogP contribution < -0.4 is 5.56 Å². The van der Waals surface area contributed by atoms with Gasteiger partial charge >= 0.3 is 0 Å². The highest BCUT2D eigenvalue weighted by Gasteiger charge is 2.25. The molecule has 0 radical (unpaired) electrons. The Morgan fingerprint density at radius 1 is 1.09 bits per heavy atom. The summed E-state index contributed by atoms with van der Waals surface area (Å²) in [5.74, 6) is -1.71. The van der Waals surface area contributed by atoms with Crippen LogP contribution in [0.1, 0.15) is 16.4 Å². The van der Waals surface area contributed by atoms with Crippen molar-refractivity contribution >= 4 is 10.1 Å². The molecule has 1 N–H and O–H groups in total. The van der Waals surface area contributed by atoms with Gasteiger partial charge in [-0.05, 0) is 35.7 Å². The lowest BCUT2D eigenvalue weighted by molar-refractivity contribution is 0.467. The number of hydrogen-bond donors (Lipinski definition) is 1. The fourth-order valence-corrected chi connectivity index (χ4v) is 2.92. The van der Waals surface area contributed by atoms with Gasteiger partial charge in [-0.15, -0.1) is 0 Å². The van der Waals surface area contributed by atoms with Gasteiger partial charge in [0.05, 0.1) is 0 Å². The first-order chi connectivity index (χ1) is 10.3. The fraction of sp³-hybridized carbons (Fsp3) is 0.143. The summed E-state index contributed by atoms with van der Waals surface area (Å²) >= 11 is 0. The van der Waals surface area contributed by atoms with Crippen molar-refractivity contribution in [3.05, 3.63) is 75.7 Å². The molecule has 2 aromatic rings. The summed E-state index contributed by atoms with van der Waals surface area (Å²) in [5.41, 5.74) is -0.444. The van der Waals surface area contributed by atoms with Crippen LogP contribution in [0.2, 0.25) is 0 Å². The van der Waals surface area contributed by atoms with Gasteiger partial charge < -0.3 is 0 Å². The van der Waals surface area contributed by atoms with Crippen LogP contribution in [0.25, 0.3) is 0 Å².